The number of benzene rings is 1. The Balaban J connectivity index is 2.10. The van der Waals surface area contributed by atoms with Crippen LogP contribution in [0.15, 0.2) is 28.7 Å². The van der Waals surface area contributed by atoms with Crippen molar-refractivity contribution in [3.63, 3.8) is 0 Å². The lowest BCUT2D eigenvalue weighted by Gasteiger charge is -2.31. The fourth-order valence-electron chi connectivity index (χ4n) is 1.84. The zero-order chi connectivity index (χ0) is 9.97. The molecule has 14 heavy (non-hydrogen) atoms. The van der Waals surface area contributed by atoms with Gasteiger partial charge < -0.3 is 10.0 Å². The number of halogens is 1. The molecule has 0 saturated carbocycles. The SMILES string of the molecule is O[C@H]1CCCN(c2ccc(Br)cc2)C1. The van der Waals surface area contributed by atoms with Gasteiger partial charge in [0.25, 0.3) is 0 Å². The summed E-state index contributed by atoms with van der Waals surface area (Å²) >= 11 is 3.41. The third kappa shape index (κ3) is 2.28. The molecule has 0 amide bonds. The standard InChI is InChI=1S/C11H14BrNO/c12-9-3-5-10(6-4-9)13-7-1-2-11(14)8-13/h3-6,11,14H,1-2,7-8H2/t11-/m0/s1. The van der Waals surface area contributed by atoms with Gasteiger partial charge in [0.05, 0.1) is 6.10 Å². The number of hydrogen-bond acceptors (Lipinski definition) is 2. The van der Waals surface area contributed by atoms with Crippen LogP contribution in [0.5, 0.6) is 0 Å². The first-order chi connectivity index (χ1) is 6.75. The third-order valence-electron chi connectivity index (χ3n) is 2.59. The molecule has 1 heterocycles. The van der Waals surface area contributed by atoms with Gasteiger partial charge in [0, 0.05) is 23.2 Å². The molecule has 1 aliphatic heterocycles. The monoisotopic (exact) mass is 255 g/mol. The number of aliphatic hydroxyl groups excluding tert-OH is 1. The first kappa shape index (κ1) is 9.99. The van der Waals surface area contributed by atoms with Crippen molar-refractivity contribution in [1.29, 1.82) is 0 Å². The van der Waals surface area contributed by atoms with Gasteiger partial charge in [-0.15, -0.1) is 0 Å². The summed E-state index contributed by atoms with van der Waals surface area (Å²) in [5.41, 5.74) is 1.20. The summed E-state index contributed by atoms with van der Waals surface area (Å²) in [6.45, 7) is 1.82. The molecule has 1 N–H and O–H groups in total. The Morgan fingerprint density at radius 1 is 1.29 bits per heavy atom. The molecule has 2 nitrogen and oxygen atoms in total. The molecule has 0 spiro atoms. The largest absolute Gasteiger partial charge is 0.391 e. The van der Waals surface area contributed by atoms with E-state index in [0.29, 0.717) is 0 Å². The van der Waals surface area contributed by atoms with Crippen LogP contribution >= 0.6 is 15.9 Å². The number of piperidine rings is 1. The highest BCUT2D eigenvalue weighted by Crippen LogP contribution is 2.21. The molecule has 0 bridgehead atoms. The molecule has 1 atom stereocenters. The van der Waals surface area contributed by atoms with Crippen LogP contribution in [0.3, 0.4) is 0 Å². The molecule has 1 aliphatic rings. The van der Waals surface area contributed by atoms with E-state index >= 15 is 0 Å². The van der Waals surface area contributed by atoms with Crippen molar-refractivity contribution in [3.05, 3.63) is 28.7 Å². The summed E-state index contributed by atoms with van der Waals surface area (Å²) in [4.78, 5) is 2.24. The number of β-amino-alcohol motifs (C(OH)–C–C–N with tert-alkyl or cyclic N) is 1. The van der Waals surface area contributed by atoms with E-state index < -0.39 is 0 Å². The molecule has 2 rings (SSSR count). The number of aliphatic hydroxyl groups is 1. The van der Waals surface area contributed by atoms with Gasteiger partial charge in [-0.1, -0.05) is 15.9 Å². The Hall–Kier alpha value is -0.540. The molecule has 0 unspecified atom stereocenters. The van der Waals surface area contributed by atoms with Crippen LogP contribution in [-0.2, 0) is 0 Å². The molecule has 0 aliphatic carbocycles. The lowest BCUT2D eigenvalue weighted by atomic mass is 10.1. The topological polar surface area (TPSA) is 23.5 Å². The van der Waals surface area contributed by atoms with Gasteiger partial charge in [-0.25, -0.2) is 0 Å². The number of nitrogens with zero attached hydrogens (tertiary/aromatic N) is 1. The van der Waals surface area contributed by atoms with Crippen molar-refractivity contribution in [2.75, 3.05) is 18.0 Å². The van der Waals surface area contributed by atoms with Gasteiger partial charge in [-0.2, -0.15) is 0 Å². The molecule has 0 aromatic heterocycles. The van der Waals surface area contributed by atoms with Gasteiger partial charge in [0.2, 0.25) is 0 Å². The molecule has 1 aromatic rings. The van der Waals surface area contributed by atoms with E-state index in [1.807, 2.05) is 12.1 Å². The van der Waals surface area contributed by atoms with Crippen LogP contribution in [0.25, 0.3) is 0 Å². The van der Waals surface area contributed by atoms with Gasteiger partial charge in [-0.3, -0.25) is 0 Å². The highest BCUT2D eigenvalue weighted by atomic mass is 79.9. The zero-order valence-electron chi connectivity index (χ0n) is 7.99. The van der Waals surface area contributed by atoms with Gasteiger partial charge >= 0.3 is 0 Å². The minimum Gasteiger partial charge on any atom is -0.391 e. The Morgan fingerprint density at radius 2 is 2.00 bits per heavy atom. The van der Waals surface area contributed by atoms with Crippen LogP contribution in [-0.4, -0.2) is 24.3 Å². The Morgan fingerprint density at radius 3 is 2.64 bits per heavy atom. The van der Waals surface area contributed by atoms with Crippen LogP contribution in [0.1, 0.15) is 12.8 Å². The van der Waals surface area contributed by atoms with Gasteiger partial charge in [0.15, 0.2) is 0 Å². The van der Waals surface area contributed by atoms with Crippen molar-refractivity contribution < 1.29 is 5.11 Å². The highest BCUT2D eigenvalue weighted by Gasteiger charge is 2.17. The van der Waals surface area contributed by atoms with E-state index in [9.17, 15) is 5.11 Å². The molecule has 1 fully saturated rings. The van der Waals surface area contributed by atoms with Crippen LogP contribution in [0.4, 0.5) is 5.69 Å². The number of hydrogen-bond donors (Lipinski definition) is 1. The molecular weight excluding hydrogens is 242 g/mol. The summed E-state index contributed by atoms with van der Waals surface area (Å²) in [6, 6.07) is 8.25. The molecule has 76 valence electrons. The first-order valence-electron chi connectivity index (χ1n) is 4.94. The summed E-state index contributed by atoms with van der Waals surface area (Å²) in [5, 5.41) is 9.54. The summed E-state index contributed by atoms with van der Waals surface area (Å²) < 4.78 is 1.10. The average Bonchev–Trinajstić information content (AvgIpc) is 2.19. The predicted octanol–water partition coefficient (Wildman–Crippen LogP) is 2.41. The van der Waals surface area contributed by atoms with E-state index in [4.69, 9.17) is 0 Å². The maximum atomic E-state index is 9.54. The van der Waals surface area contributed by atoms with Crippen LogP contribution in [0.2, 0.25) is 0 Å². The molecule has 1 aromatic carbocycles. The van der Waals surface area contributed by atoms with Crippen molar-refractivity contribution >= 4 is 21.6 Å². The highest BCUT2D eigenvalue weighted by molar-refractivity contribution is 9.10. The Bertz CT molecular complexity index is 299. The quantitative estimate of drug-likeness (QED) is 0.834. The second-order valence-corrected chi connectivity index (χ2v) is 4.63. The van der Waals surface area contributed by atoms with E-state index in [-0.39, 0.29) is 6.10 Å². The fraction of sp³-hybridized carbons (Fsp3) is 0.455. The van der Waals surface area contributed by atoms with Crippen molar-refractivity contribution in [3.8, 4) is 0 Å². The van der Waals surface area contributed by atoms with E-state index in [1.54, 1.807) is 0 Å². The van der Waals surface area contributed by atoms with Gasteiger partial charge in [-0.05, 0) is 37.1 Å². The summed E-state index contributed by atoms with van der Waals surface area (Å²) in [6.07, 6.45) is 1.86. The minimum absolute atomic E-state index is 0.160. The lowest BCUT2D eigenvalue weighted by molar-refractivity contribution is 0.154. The first-order valence-corrected chi connectivity index (χ1v) is 5.73. The molecule has 0 radical (unpaired) electrons. The van der Waals surface area contributed by atoms with Crippen LogP contribution in [0, 0.1) is 0 Å². The predicted molar refractivity (Wildman–Crippen MR) is 61.6 cm³/mol. The summed E-state index contributed by atoms with van der Waals surface area (Å²) in [7, 11) is 0. The smallest absolute Gasteiger partial charge is 0.0715 e. The van der Waals surface area contributed by atoms with E-state index in [1.165, 1.54) is 5.69 Å². The van der Waals surface area contributed by atoms with E-state index in [2.05, 4.69) is 33.0 Å². The normalized spacial score (nSPS) is 22.4. The maximum absolute atomic E-state index is 9.54. The van der Waals surface area contributed by atoms with E-state index in [0.717, 1.165) is 30.4 Å². The Labute approximate surface area is 92.7 Å². The van der Waals surface area contributed by atoms with Crippen molar-refractivity contribution in [2.24, 2.45) is 0 Å². The summed E-state index contributed by atoms with van der Waals surface area (Å²) in [5.74, 6) is 0. The average molecular weight is 256 g/mol. The lowest BCUT2D eigenvalue weighted by Crippen LogP contribution is -2.38. The van der Waals surface area contributed by atoms with Crippen molar-refractivity contribution in [1.82, 2.24) is 0 Å². The number of anilines is 1. The maximum Gasteiger partial charge on any atom is 0.0715 e. The molecular formula is C11H14BrNO. The molecule has 1 saturated heterocycles. The third-order valence-corrected chi connectivity index (χ3v) is 3.12. The minimum atomic E-state index is -0.160. The van der Waals surface area contributed by atoms with Crippen molar-refractivity contribution in [2.45, 2.75) is 18.9 Å². The zero-order valence-corrected chi connectivity index (χ0v) is 9.57. The fourth-order valence-corrected chi connectivity index (χ4v) is 2.11. The van der Waals surface area contributed by atoms with Gasteiger partial charge in [0.1, 0.15) is 0 Å². The van der Waals surface area contributed by atoms with Crippen LogP contribution < -0.4 is 4.90 Å². The number of rotatable bonds is 1. The molecule has 3 heteroatoms. The second kappa shape index (κ2) is 4.32. The Kier molecular flexibility index (Phi) is 3.08. The second-order valence-electron chi connectivity index (χ2n) is 3.72.